The number of aromatic nitrogens is 1. The van der Waals surface area contributed by atoms with Crippen LogP contribution in [0.2, 0.25) is 0 Å². The van der Waals surface area contributed by atoms with Crippen molar-refractivity contribution >= 4 is 16.8 Å². The summed E-state index contributed by atoms with van der Waals surface area (Å²) in [5.74, 6) is 0.0273. The summed E-state index contributed by atoms with van der Waals surface area (Å²) < 4.78 is 21.4. The fourth-order valence-corrected chi connectivity index (χ4v) is 4.45. The summed E-state index contributed by atoms with van der Waals surface area (Å²) in [6, 6.07) is 19.5. The van der Waals surface area contributed by atoms with Crippen LogP contribution in [0, 0.1) is 11.7 Å². The van der Waals surface area contributed by atoms with Crippen LogP contribution in [-0.4, -0.2) is 35.3 Å². The first-order valence-electron chi connectivity index (χ1n) is 12.3. The maximum atomic E-state index is 14.2. The van der Waals surface area contributed by atoms with Crippen LogP contribution in [-0.2, 0) is 13.0 Å². The van der Waals surface area contributed by atoms with Gasteiger partial charge in [-0.2, -0.15) is 0 Å². The average molecular weight is 489 g/mol. The topological polar surface area (TPSA) is 63.5 Å². The van der Waals surface area contributed by atoms with Crippen molar-refractivity contribution in [2.45, 2.75) is 39.3 Å². The number of nitrogens with zero attached hydrogens (tertiary/aromatic N) is 1. The minimum absolute atomic E-state index is 0.170. The smallest absolute Gasteiger partial charge is 0.251 e. The number of methoxy groups -OCH3 is 1. The molecule has 1 atom stereocenters. The summed E-state index contributed by atoms with van der Waals surface area (Å²) in [5.41, 5.74) is 4.07. The van der Waals surface area contributed by atoms with Crippen LogP contribution in [0.15, 0.2) is 72.9 Å². The van der Waals surface area contributed by atoms with Gasteiger partial charge < -0.3 is 19.7 Å². The largest absolute Gasteiger partial charge is 0.494 e. The zero-order chi connectivity index (χ0) is 25.7. The fraction of sp³-hybridized carbons (Fsp3) is 0.300. The molecule has 0 bridgehead atoms. The maximum Gasteiger partial charge on any atom is 0.251 e. The first kappa shape index (κ1) is 25.5. The van der Waals surface area contributed by atoms with Crippen LogP contribution >= 0.6 is 0 Å². The monoisotopic (exact) mass is 488 g/mol. The Labute approximate surface area is 211 Å². The van der Waals surface area contributed by atoms with E-state index in [1.54, 1.807) is 30.3 Å². The zero-order valence-corrected chi connectivity index (χ0v) is 21.0. The standard InChI is InChI=1S/C30H33FN2O3/c1-20(2)13-14-33-18-24(26-9-4-5-10-28(26)33)16-25(19-34)32-30(35)23-8-6-7-21(15-23)22-11-12-29(36-3)27(31)17-22/h4-12,15,17-18,20,25,34H,13-14,16,19H2,1-3H3,(H,32,35)/t25-/m1/s1. The number of aliphatic hydroxyl groups excluding tert-OH is 1. The van der Waals surface area contributed by atoms with Crippen LogP contribution in [0.25, 0.3) is 22.0 Å². The van der Waals surface area contributed by atoms with E-state index in [4.69, 9.17) is 4.74 Å². The average Bonchev–Trinajstić information content (AvgIpc) is 3.24. The predicted molar refractivity (Wildman–Crippen MR) is 142 cm³/mol. The Morgan fingerprint density at radius 3 is 2.56 bits per heavy atom. The molecule has 0 aliphatic rings. The highest BCUT2D eigenvalue weighted by Crippen LogP contribution is 2.27. The summed E-state index contributed by atoms with van der Waals surface area (Å²) >= 11 is 0. The molecule has 36 heavy (non-hydrogen) atoms. The van der Waals surface area contributed by atoms with E-state index in [1.165, 1.54) is 13.2 Å². The quantitative estimate of drug-likeness (QED) is 0.295. The molecule has 1 aromatic heterocycles. The van der Waals surface area contributed by atoms with Crippen molar-refractivity contribution < 1.29 is 19.0 Å². The number of hydrogen-bond acceptors (Lipinski definition) is 3. The van der Waals surface area contributed by atoms with E-state index in [2.05, 4.69) is 42.1 Å². The predicted octanol–water partition coefficient (Wildman–Crippen LogP) is 5.84. The zero-order valence-electron chi connectivity index (χ0n) is 21.0. The number of aryl methyl sites for hydroxylation is 1. The number of amides is 1. The van der Waals surface area contributed by atoms with E-state index in [0.29, 0.717) is 23.5 Å². The lowest BCUT2D eigenvalue weighted by Crippen LogP contribution is -2.39. The van der Waals surface area contributed by atoms with Crippen molar-refractivity contribution in [2.75, 3.05) is 13.7 Å². The van der Waals surface area contributed by atoms with Crippen molar-refractivity contribution in [1.82, 2.24) is 9.88 Å². The molecule has 4 aromatic rings. The molecule has 1 heterocycles. The summed E-state index contributed by atoms with van der Waals surface area (Å²) in [6.45, 7) is 5.17. The molecule has 0 unspecified atom stereocenters. The molecule has 2 N–H and O–H groups in total. The van der Waals surface area contributed by atoms with Gasteiger partial charge in [0.1, 0.15) is 0 Å². The number of rotatable bonds is 10. The van der Waals surface area contributed by atoms with Crippen LogP contribution in [0.1, 0.15) is 36.2 Å². The first-order valence-corrected chi connectivity index (χ1v) is 12.3. The normalized spacial score (nSPS) is 12.2. The Hall–Kier alpha value is -3.64. The van der Waals surface area contributed by atoms with E-state index >= 15 is 0 Å². The van der Waals surface area contributed by atoms with Gasteiger partial charge in [-0.3, -0.25) is 4.79 Å². The Kier molecular flexibility index (Phi) is 8.06. The molecular weight excluding hydrogens is 455 g/mol. The molecule has 0 saturated heterocycles. The lowest BCUT2D eigenvalue weighted by atomic mass is 10.0. The molecule has 4 rings (SSSR count). The number of carbonyl (C=O) groups excluding carboxylic acids is 1. The maximum absolute atomic E-state index is 14.2. The Morgan fingerprint density at radius 2 is 1.83 bits per heavy atom. The number of hydrogen-bond donors (Lipinski definition) is 2. The molecule has 0 fully saturated rings. The van der Waals surface area contributed by atoms with Crippen LogP contribution in [0.4, 0.5) is 4.39 Å². The third kappa shape index (κ3) is 5.77. The molecule has 0 aliphatic heterocycles. The summed E-state index contributed by atoms with van der Waals surface area (Å²) in [7, 11) is 1.42. The van der Waals surface area contributed by atoms with Crippen molar-refractivity contribution in [1.29, 1.82) is 0 Å². The first-order chi connectivity index (χ1) is 17.4. The number of benzene rings is 3. The molecule has 0 spiro atoms. The van der Waals surface area contributed by atoms with Gasteiger partial charge in [0.2, 0.25) is 0 Å². The van der Waals surface area contributed by atoms with Crippen molar-refractivity contribution in [3.8, 4) is 16.9 Å². The minimum Gasteiger partial charge on any atom is -0.494 e. The van der Waals surface area contributed by atoms with Gasteiger partial charge in [0.15, 0.2) is 11.6 Å². The second-order valence-corrected chi connectivity index (χ2v) is 9.53. The van der Waals surface area contributed by atoms with Gasteiger partial charge >= 0.3 is 0 Å². The Morgan fingerprint density at radius 1 is 1.06 bits per heavy atom. The van der Waals surface area contributed by atoms with Gasteiger partial charge in [0.25, 0.3) is 5.91 Å². The molecule has 188 valence electrons. The third-order valence-corrected chi connectivity index (χ3v) is 6.45. The molecule has 0 saturated carbocycles. The van der Waals surface area contributed by atoms with E-state index in [0.717, 1.165) is 35.0 Å². The van der Waals surface area contributed by atoms with Gasteiger partial charge in [0, 0.05) is 29.2 Å². The second kappa shape index (κ2) is 11.4. The molecule has 1 amide bonds. The van der Waals surface area contributed by atoms with Crippen LogP contribution in [0.5, 0.6) is 5.75 Å². The summed E-state index contributed by atoms with van der Waals surface area (Å²) in [6.07, 6.45) is 3.73. The number of para-hydroxylation sites is 1. The number of fused-ring (bicyclic) bond motifs is 1. The molecule has 5 nitrogen and oxygen atoms in total. The van der Waals surface area contributed by atoms with Crippen molar-refractivity contribution in [3.05, 3.63) is 89.9 Å². The van der Waals surface area contributed by atoms with Gasteiger partial charge in [0.05, 0.1) is 19.8 Å². The number of carbonyl (C=O) groups is 1. The molecular formula is C30H33FN2O3. The van der Waals surface area contributed by atoms with Crippen LogP contribution in [0.3, 0.4) is 0 Å². The van der Waals surface area contributed by atoms with Crippen molar-refractivity contribution in [2.24, 2.45) is 5.92 Å². The summed E-state index contributed by atoms with van der Waals surface area (Å²) in [5, 5.41) is 14.2. The number of nitrogens with one attached hydrogen (secondary N) is 1. The SMILES string of the molecule is COc1ccc(-c2cccc(C(=O)N[C@@H](CO)Cc3cn(CCC(C)C)c4ccccc34)c2)cc1F. The van der Waals surface area contributed by atoms with Gasteiger partial charge in [-0.1, -0.05) is 50.2 Å². The van der Waals surface area contributed by atoms with Crippen molar-refractivity contribution in [3.63, 3.8) is 0 Å². The highest BCUT2D eigenvalue weighted by atomic mass is 19.1. The number of ether oxygens (including phenoxy) is 1. The lowest BCUT2D eigenvalue weighted by Gasteiger charge is -2.16. The van der Waals surface area contributed by atoms with E-state index < -0.39 is 11.9 Å². The van der Waals surface area contributed by atoms with Gasteiger partial charge in [-0.05, 0) is 65.8 Å². The highest BCUT2D eigenvalue weighted by molar-refractivity contribution is 5.95. The molecule has 0 aliphatic carbocycles. The van der Waals surface area contributed by atoms with E-state index in [1.807, 2.05) is 18.2 Å². The number of halogens is 1. The minimum atomic E-state index is -0.460. The van der Waals surface area contributed by atoms with Gasteiger partial charge in [-0.25, -0.2) is 4.39 Å². The lowest BCUT2D eigenvalue weighted by molar-refractivity contribution is 0.0916. The fourth-order valence-electron chi connectivity index (χ4n) is 4.45. The highest BCUT2D eigenvalue weighted by Gasteiger charge is 2.18. The van der Waals surface area contributed by atoms with E-state index in [-0.39, 0.29) is 18.3 Å². The third-order valence-electron chi connectivity index (χ3n) is 6.45. The molecule has 6 heteroatoms. The van der Waals surface area contributed by atoms with Gasteiger partial charge in [-0.15, -0.1) is 0 Å². The van der Waals surface area contributed by atoms with Crippen LogP contribution < -0.4 is 10.1 Å². The molecule has 3 aromatic carbocycles. The number of aliphatic hydroxyl groups is 1. The second-order valence-electron chi connectivity index (χ2n) is 9.53. The summed E-state index contributed by atoms with van der Waals surface area (Å²) in [4.78, 5) is 13.1. The Bertz CT molecular complexity index is 1350. The molecule has 0 radical (unpaired) electrons. The van der Waals surface area contributed by atoms with E-state index in [9.17, 15) is 14.3 Å². The Balaban J connectivity index is 1.51.